The molecule has 6 nitrogen and oxygen atoms in total. The Balaban J connectivity index is 2.04. The maximum Gasteiger partial charge on any atom is 0.342 e. The third kappa shape index (κ3) is 4.73. The highest BCUT2D eigenvalue weighted by Crippen LogP contribution is 2.25. The molecule has 0 aliphatic rings. The minimum atomic E-state index is -0.958. The van der Waals surface area contributed by atoms with Crippen molar-refractivity contribution in [3.05, 3.63) is 53.6 Å². The Labute approximate surface area is 146 Å². The summed E-state index contributed by atoms with van der Waals surface area (Å²) >= 11 is 0. The van der Waals surface area contributed by atoms with Gasteiger partial charge in [-0.3, -0.25) is 4.79 Å². The molecule has 2 aromatic carbocycles. The number of anilines is 1. The summed E-state index contributed by atoms with van der Waals surface area (Å²) in [4.78, 5) is 24.5. The van der Waals surface area contributed by atoms with Crippen LogP contribution in [0.5, 0.6) is 11.5 Å². The van der Waals surface area contributed by atoms with E-state index in [-0.39, 0.29) is 5.56 Å². The number of rotatable bonds is 6. The van der Waals surface area contributed by atoms with Gasteiger partial charge in [-0.15, -0.1) is 0 Å². The van der Waals surface area contributed by atoms with E-state index in [1.54, 1.807) is 24.3 Å². The second kappa shape index (κ2) is 8.19. The molecule has 0 spiro atoms. The Morgan fingerprint density at radius 3 is 2.28 bits per heavy atom. The summed E-state index contributed by atoms with van der Waals surface area (Å²) in [6, 6.07) is 12.1. The molecule has 1 atom stereocenters. The Kier molecular flexibility index (Phi) is 6.00. The maximum absolute atomic E-state index is 12.3. The molecule has 1 amide bonds. The first-order chi connectivity index (χ1) is 11.9. The van der Waals surface area contributed by atoms with E-state index in [0.29, 0.717) is 17.2 Å². The van der Waals surface area contributed by atoms with Gasteiger partial charge in [-0.1, -0.05) is 17.7 Å². The first-order valence-electron chi connectivity index (χ1n) is 7.75. The van der Waals surface area contributed by atoms with Gasteiger partial charge in [-0.25, -0.2) is 4.79 Å². The van der Waals surface area contributed by atoms with E-state index in [2.05, 4.69) is 5.32 Å². The van der Waals surface area contributed by atoms with Gasteiger partial charge >= 0.3 is 5.97 Å². The number of benzene rings is 2. The summed E-state index contributed by atoms with van der Waals surface area (Å²) in [6.45, 7) is 3.47. The molecule has 0 aliphatic heterocycles. The molecule has 6 heteroatoms. The van der Waals surface area contributed by atoms with Crippen LogP contribution >= 0.6 is 0 Å². The number of carbonyl (C=O) groups is 2. The van der Waals surface area contributed by atoms with Gasteiger partial charge in [0.05, 0.1) is 14.2 Å². The standard InChI is InChI=1S/C19H21NO5/c1-12-5-7-14(8-6-12)20-18(21)13(2)25-19(22)16-10-9-15(23-3)11-17(16)24-4/h5-11,13H,1-4H3,(H,20,21)/t13-/m0/s1. The average Bonchev–Trinajstić information content (AvgIpc) is 2.62. The second-order valence-electron chi connectivity index (χ2n) is 5.47. The van der Waals surface area contributed by atoms with Crippen LogP contribution in [0.1, 0.15) is 22.8 Å². The molecule has 0 aliphatic carbocycles. The molecule has 0 heterocycles. The lowest BCUT2D eigenvalue weighted by molar-refractivity contribution is -0.123. The van der Waals surface area contributed by atoms with Crippen LogP contribution in [0.15, 0.2) is 42.5 Å². The highest BCUT2D eigenvalue weighted by molar-refractivity contribution is 5.98. The Morgan fingerprint density at radius 2 is 1.68 bits per heavy atom. The minimum Gasteiger partial charge on any atom is -0.497 e. The monoisotopic (exact) mass is 343 g/mol. The van der Waals surface area contributed by atoms with Gasteiger partial charge in [0.2, 0.25) is 0 Å². The van der Waals surface area contributed by atoms with Gasteiger partial charge in [-0.05, 0) is 38.1 Å². The first kappa shape index (κ1) is 18.3. The molecular weight excluding hydrogens is 322 g/mol. The molecule has 0 radical (unpaired) electrons. The second-order valence-corrected chi connectivity index (χ2v) is 5.47. The third-order valence-electron chi connectivity index (χ3n) is 3.60. The van der Waals surface area contributed by atoms with Crippen LogP contribution in [-0.4, -0.2) is 32.2 Å². The summed E-state index contributed by atoms with van der Waals surface area (Å²) in [7, 11) is 2.96. The van der Waals surface area contributed by atoms with Crippen LogP contribution in [0.4, 0.5) is 5.69 Å². The summed E-state index contributed by atoms with van der Waals surface area (Å²) in [5, 5.41) is 2.71. The fourth-order valence-corrected chi connectivity index (χ4v) is 2.13. The summed E-state index contributed by atoms with van der Waals surface area (Å²) in [5.74, 6) is -0.190. The summed E-state index contributed by atoms with van der Waals surface area (Å²) in [5.41, 5.74) is 1.95. The van der Waals surface area contributed by atoms with Crippen LogP contribution in [-0.2, 0) is 9.53 Å². The molecule has 0 unspecified atom stereocenters. The molecule has 2 rings (SSSR count). The van der Waals surface area contributed by atoms with E-state index in [4.69, 9.17) is 14.2 Å². The van der Waals surface area contributed by atoms with E-state index < -0.39 is 18.0 Å². The first-order valence-corrected chi connectivity index (χ1v) is 7.75. The number of methoxy groups -OCH3 is 2. The van der Waals surface area contributed by atoms with E-state index >= 15 is 0 Å². The van der Waals surface area contributed by atoms with Crippen LogP contribution in [0.2, 0.25) is 0 Å². The van der Waals surface area contributed by atoms with Gasteiger partial charge in [0.25, 0.3) is 5.91 Å². The summed E-state index contributed by atoms with van der Waals surface area (Å²) in [6.07, 6.45) is -0.958. The molecule has 0 bridgehead atoms. The Morgan fingerprint density at radius 1 is 1.00 bits per heavy atom. The van der Waals surface area contributed by atoms with Crippen LogP contribution < -0.4 is 14.8 Å². The van der Waals surface area contributed by atoms with Crippen molar-refractivity contribution in [1.29, 1.82) is 0 Å². The fourth-order valence-electron chi connectivity index (χ4n) is 2.13. The Hall–Kier alpha value is -3.02. The molecule has 1 N–H and O–H groups in total. The lowest BCUT2D eigenvalue weighted by Crippen LogP contribution is -2.30. The normalized spacial score (nSPS) is 11.4. The van der Waals surface area contributed by atoms with E-state index in [1.165, 1.54) is 27.2 Å². The molecule has 0 fully saturated rings. The van der Waals surface area contributed by atoms with Gasteiger partial charge in [-0.2, -0.15) is 0 Å². The van der Waals surface area contributed by atoms with E-state index in [9.17, 15) is 9.59 Å². The number of hydrogen-bond donors (Lipinski definition) is 1. The van der Waals surface area contributed by atoms with Crippen LogP contribution in [0.25, 0.3) is 0 Å². The quantitative estimate of drug-likeness (QED) is 0.816. The van der Waals surface area contributed by atoms with E-state index in [1.807, 2.05) is 19.1 Å². The Bertz CT molecular complexity index is 755. The van der Waals surface area contributed by atoms with Gasteiger partial charge in [0.15, 0.2) is 6.10 Å². The highest BCUT2D eigenvalue weighted by atomic mass is 16.5. The predicted molar refractivity (Wildman–Crippen MR) is 94.2 cm³/mol. The zero-order chi connectivity index (χ0) is 18.4. The molecule has 0 saturated heterocycles. The largest absolute Gasteiger partial charge is 0.497 e. The number of esters is 1. The van der Waals surface area contributed by atoms with Crippen molar-refractivity contribution in [2.45, 2.75) is 20.0 Å². The molecule has 0 aromatic heterocycles. The van der Waals surface area contributed by atoms with Gasteiger partial charge in [0, 0.05) is 11.8 Å². The van der Waals surface area contributed by atoms with Gasteiger partial charge in [0.1, 0.15) is 17.1 Å². The molecule has 0 saturated carbocycles. The van der Waals surface area contributed by atoms with Crippen molar-refractivity contribution < 1.29 is 23.8 Å². The van der Waals surface area contributed by atoms with Crippen molar-refractivity contribution >= 4 is 17.6 Å². The molecule has 25 heavy (non-hydrogen) atoms. The molecule has 2 aromatic rings. The van der Waals surface area contributed by atoms with E-state index in [0.717, 1.165) is 5.56 Å². The maximum atomic E-state index is 12.3. The highest BCUT2D eigenvalue weighted by Gasteiger charge is 2.21. The topological polar surface area (TPSA) is 73.9 Å². The zero-order valence-electron chi connectivity index (χ0n) is 14.7. The summed E-state index contributed by atoms with van der Waals surface area (Å²) < 4.78 is 15.5. The van der Waals surface area contributed by atoms with Crippen molar-refractivity contribution in [1.82, 2.24) is 0 Å². The van der Waals surface area contributed by atoms with Crippen LogP contribution in [0, 0.1) is 6.92 Å². The molecule has 132 valence electrons. The number of nitrogens with one attached hydrogen (secondary N) is 1. The zero-order valence-corrected chi connectivity index (χ0v) is 14.7. The molecular formula is C19H21NO5. The smallest absolute Gasteiger partial charge is 0.342 e. The number of aryl methyl sites for hydroxylation is 1. The number of ether oxygens (including phenoxy) is 3. The van der Waals surface area contributed by atoms with Crippen LogP contribution in [0.3, 0.4) is 0 Å². The fraction of sp³-hybridized carbons (Fsp3) is 0.263. The third-order valence-corrected chi connectivity index (χ3v) is 3.60. The number of amides is 1. The van der Waals surface area contributed by atoms with Crippen molar-refractivity contribution in [2.24, 2.45) is 0 Å². The predicted octanol–water partition coefficient (Wildman–Crippen LogP) is 3.20. The minimum absolute atomic E-state index is 0.221. The SMILES string of the molecule is COc1ccc(C(=O)O[C@@H](C)C(=O)Nc2ccc(C)cc2)c(OC)c1. The van der Waals surface area contributed by atoms with Crippen molar-refractivity contribution in [2.75, 3.05) is 19.5 Å². The van der Waals surface area contributed by atoms with Gasteiger partial charge < -0.3 is 19.5 Å². The lowest BCUT2D eigenvalue weighted by Gasteiger charge is -2.15. The van der Waals surface area contributed by atoms with Crippen molar-refractivity contribution in [3.8, 4) is 11.5 Å². The number of hydrogen-bond acceptors (Lipinski definition) is 5. The van der Waals surface area contributed by atoms with Crippen molar-refractivity contribution in [3.63, 3.8) is 0 Å². The number of carbonyl (C=O) groups excluding carboxylic acids is 2. The average molecular weight is 343 g/mol. The lowest BCUT2D eigenvalue weighted by atomic mass is 10.2.